The first-order chi connectivity index (χ1) is 9.10. The second-order valence-electron chi connectivity index (χ2n) is 5.38. The van der Waals surface area contributed by atoms with Crippen LogP contribution in [0.25, 0.3) is 0 Å². The van der Waals surface area contributed by atoms with Crippen LogP contribution in [0.3, 0.4) is 0 Å². The Morgan fingerprint density at radius 1 is 1.42 bits per heavy atom. The van der Waals surface area contributed by atoms with Crippen molar-refractivity contribution in [3.63, 3.8) is 0 Å². The largest absolute Gasteiger partial charge is 0.381 e. The van der Waals surface area contributed by atoms with Crippen LogP contribution in [-0.4, -0.2) is 32.3 Å². The Morgan fingerprint density at radius 2 is 2.11 bits per heavy atom. The number of piperidine rings is 1. The Kier molecular flexibility index (Phi) is 5.08. The summed E-state index contributed by atoms with van der Waals surface area (Å²) in [5, 5.41) is 0.823. The molecule has 19 heavy (non-hydrogen) atoms. The van der Waals surface area contributed by atoms with Crippen LogP contribution in [0.4, 0.5) is 5.69 Å². The fourth-order valence-electron chi connectivity index (χ4n) is 2.60. The molecule has 0 radical (unpaired) electrons. The van der Waals surface area contributed by atoms with E-state index in [0.29, 0.717) is 6.10 Å². The quantitative estimate of drug-likeness (QED) is 0.923. The van der Waals surface area contributed by atoms with Crippen molar-refractivity contribution < 1.29 is 4.74 Å². The smallest absolute Gasteiger partial charge is 0.0605 e. The highest BCUT2D eigenvalue weighted by atomic mass is 35.5. The number of hydrogen-bond donors (Lipinski definition) is 1. The summed E-state index contributed by atoms with van der Waals surface area (Å²) in [4.78, 5) is 2.37. The van der Waals surface area contributed by atoms with Gasteiger partial charge >= 0.3 is 0 Å². The fourth-order valence-corrected chi connectivity index (χ4v) is 2.85. The van der Waals surface area contributed by atoms with Crippen molar-refractivity contribution in [2.75, 3.05) is 25.1 Å². The number of ether oxygens (including phenoxy) is 1. The molecule has 106 valence electrons. The van der Waals surface area contributed by atoms with E-state index in [4.69, 9.17) is 22.1 Å². The number of nitrogens with zero attached hydrogens (tertiary/aromatic N) is 1. The molecule has 1 aliphatic heterocycles. The van der Waals surface area contributed by atoms with Gasteiger partial charge in [-0.05, 0) is 43.9 Å². The second-order valence-corrected chi connectivity index (χ2v) is 5.79. The van der Waals surface area contributed by atoms with Crippen molar-refractivity contribution in [3.8, 4) is 0 Å². The lowest BCUT2D eigenvalue weighted by atomic mass is 10.0. The lowest BCUT2D eigenvalue weighted by molar-refractivity contribution is 0.0819. The summed E-state index contributed by atoms with van der Waals surface area (Å²) in [6.45, 7) is 4.06. The van der Waals surface area contributed by atoms with Gasteiger partial charge in [0, 0.05) is 37.0 Å². The number of rotatable bonds is 4. The molecule has 3 nitrogen and oxygen atoms in total. The Hall–Kier alpha value is -0.770. The monoisotopic (exact) mass is 282 g/mol. The van der Waals surface area contributed by atoms with E-state index in [2.05, 4.69) is 23.1 Å². The van der Waals surface area contributed by atoms with Gasteiger partial charge in [-0.1, -0.05) is 17.7 Å². The third kappa shape index (κ3) is 3.85. The van der Waals surface area contributed by atoms with Crippen molar-refractivity contribution in [1.29, 1.82) is 0 Å². The molecule has 0 aliphatic carbocycles. The number of benzene rings is 1. The zero-order valence-corrected chi connectivity index (χ0v) is 12.5. The van der Waals surface area contributed by atoms with E-state index in [1.54, 1.807) is 7.11 Å². The minimum atomic E-state index is 0.140. The molecule has 4 heteroatoms. The molecule has 1 aromatic rings. The third-order valence-electron chi connectivity index (χ3n) is 3.72. The molecule has 2 rings (SSSR count). The van der Waals surface area contributed by atoms with Crippen LogP contribution in [0, 0.1) is 0 Å². The van der Waals surface area contributed by atoms with Crippen molar-refractivity contribution in [2.24, 2.45) is 5.73 Å². The second kappa shape index (κ2) is 6.60. The van der Waals surface area contributed by atoms with Crippen LogP contribution < -0.4 is 10.6 Å². The molecule has 2 N–H and O–H groups in total. The summed E-state index contributed by atoms with van der Waals surface area (Å²) in [6, 6.07) is 6.45. The highest BCUT2D eigenvalue weighted by Crippen LogP contribution is 2.27. The highest BCUT2D eigenvalue weighted by molar-refractivity contribution is 6.31. The maximum absolute atomic E-state index is 6.34. The van der Waals surface area contributed by atoms with Gasteiger partial charge < -0.3 is 15.4 Å². The average molecular weight is 283 g/mol. The summed E-state index contributed by atoms with van der Waals surface area (Å²) < 4.78 is 5.40. The predicted octanol–water partition coefficient (Wildman–Crippen LogP) is 2.84. The van der Waals surface area contributed by atoms with E-state index >= 15 is 0 Å². The zero-order chi connectivity index (χ0) is 13.8. The first-order valence-electron chi connectivity index (χ1n) is 6.92. The molecular weight excluding hydrogens is 260 g/mol. The van der Waals surface area contributed by atoms with Gasteiger partial charge in [0.05, 0.1) is 6.10 Å². The Morgan fingerprint density at radius 3 is 2.63 bits per heavy atom. The Balaban J connectivity index is 2.04. The first-order valence-corrected chi connectivity index (χ1v) is 7.29. The number of anilines is 1. The Labute approximate surface area is 120 Å². The molecule has 0 amide bonds. The highest BCUT2D eigenvalue weighted by Gasteiger charge is 2.19. The van der Waals surface area contributed by atoms with Gasteiger partial charge in [-0.15, -0.1) is 0 Å². The standard InChI is InChI=1S/C15H23ClN2O/c1-11(17)9-12-3-4-13(10-15(12)16)18-7-5-14(19-2)6-8-18/h3-4,10-11,14H,5-9,17H2,1-2H3. The van der Waals surface area contributed by atoms with E-state index in [1.807, 2.05) is 6.92 Å². The number of hydrogen-bond acceptors (Lipinski definition) is 3. The lowest BCUT2D eigenvalue weighted by Gasteiger charge is -2.33. The predicted molar refractivity (Wildman–Crippen MR) is 81.0 cm³/mol. The van der Waals surface area contributed by atoms with Crippen LogP contribution in [0.1, 0.15) is 25.3 Å². The number of nitrogens with two attached hydrogens (primary N) is 1. The van der Waals surface area contributed by atoms with Gasteiger partial charge in [-0.2, -0.15) is 0 Å². The van der Waals surface area contributed by atoms with Gasteiger partial charge in [-0.25, -0.2) is 0 Å². The van der Waals surface area contributed by atoms with Crippen LogP contribution >= 0.6 is 11.6 Å². The molecular formula is C15H23ClN2O. The average Bonchev–Trinajstić information content (AvgIpc) is 2.41. The van der Waals surface area contributed by atoms with E-state index in [-0.39, 0.29) is 6.04 Å². The first kappa shape index (κ1) is 14.6. The van der Waals surface area contributed by atoms with Crippen molar-refractivity contribution >= 4 is 17.3 Å². The van der Waals surface area contributed by atoms with Crippen LogP contribution in [-0.2, 0) is 11.2 Å². The molecule has 1 fully saturated rings. The number of halogens is 1. The minimum Gasteiger partial charge on any atom is -0.381 e. The molecule has 0 saturated carbocycles. The Bertz CT molecular complexity index is 415. The van der Waals surface area contributed by atoms with Gasteiger partial charge in [0.15, 0.2) is 0 Å². The lowest BCUT2D eigenvalue weighted by Crippen LogP contribution is -2.36. The van der Waals surface area contributed by atoms with Crippen LogP contribution in [0.5, 0.6) is 0 Å². The zero-order valence-electron chi connectivity index (χ0n) is 11.7. The molecule has 0 bridgehead atoms. The molecule has 1 atom stereocenters. The molecule has 1 heterocycles. The van der Waals surface area contributed by atoms with E-state index < -0.39 is 0 Å². The summed E-state index contributed by atoms with van der Waals surface area (Å²) in [5.41, 5.74) is 8.16. The van der Waals surface area contributed by atoms with Gasteiger partial charge in [0.2, 0.25) is 0 Å². The molecule has 1 aliphatic rings. The maximum atomic E-state index is 6.34. The van der Waals surface area contributed by atoms with Crippen molar-refractivity contribution in [3.05, 3.63) is 28.8 Å². The van der Waals surface area contributed by atoms with Crippen molar-refractivity contribution in [1.82, 2.24) is 0 Å². The SMILES string of the molecule is COC1CCN(c2ccc(CC(C)N)c(Cl)c2)CC1. The molecule has 1 unspecified atom stereocenters. The van der Waals surface area contributed by atoms with Crippen LogP contribution in [0.2, 0.25) is 5.02 Å². The summed E-state index contributed by atoms with van der Waals surface area (Å²) >= 11 is 6.34. The van der Waals surface area contributed by atoms with Crippen molar-refractivity contribution in [2.45, 2.75) is 38.3 Å². The minimum absolute atomic E-state index is 0.140. The normalized spacial score (nSPS) is 18.6. The topological polar surface area (TPSA) is 38.5 Å². The van der Waals surface area contributed by atoms with E-state index in [9.17, 15) is 0 Å². The summed E-state index contributed by atoms with van der Waals surface area (Å²) in [5.74, 6) is 0. The van der Waals surface area contributed by atoms with Gasteiger partial charge in [0.25, 0.3) is 0 Å². The molecule has 1 aromatic carbocycles. The van der Waals surface area contributed by atoms with Gasteiger partial charge in [-0.3, -0.25) is 0 Å². The summed E-state index contributed by atoms with van der Waals surface area (Å²) in [7, 11) is 1.79. The fraction of sp³-hybridized carbons (Fsp3) is 0.600. The summed E-state index contributed by atoms with van der Waals surface area (Å²) in [6.07, 6.45) is 3.39. The number of methoxy groups -OCH3 is 1. The third-order valence-corrected chi connectivity index (χ3v) is 4.07. The molecule has 1 saturated heterocycles. The van der Waals surface area contributed by atoms with Crippen LogP contribution in [0.15, 0.2) is 18.2 Å². The maximum Gasteiger partial charge on any atom is 0.0605 e. The molecule has 0 aromatic heterocycles. The molecule has 0 spiro atoms. The van der Waals surface area contributed by atoms with E-state index in [1.165, 1.54) is 5.69 Å². The van der Waals surface area contributed by atoms with E-state index in [0.717, 1.165) is 42.9 Å². The van der Waals surface area contributed by atoms with Gasteiger partial charge in [0.1, 0.15) is 0 Å².